The molecule has 2 bridgehead atoms. The normalized spacial score (nSPS) is 28.9. The van der Waals surface area contributed by atoms with E-state index < -0.39 is 0 Å². The first-order valence-corrected chi connectivity index (χ1v) is 9.75. The Hall–Kier alpha value is -0.470. The molecule has 4 atom stereocenters. The van der Waals surface area contributed by atoms with E-state index in [0.29, 0.717) is 6.04 Å². The van der Waals surface area contributed by atoms with E-state index in [9.17, 15) is 0 Å². The molecule has 3 rings (SSSR count). The lowest BCUT2D eigenvalue weighted by molar-refractivity contribution is 0.286. The van der Waals surface area contributed by atoms with E-state index in [1.54, 1.807) is 0 Å². The van der Waals surface area contributed by atoms with Gasteiger partial charge in [-0.3, -0.25) is 0 Å². The quantitative estimate of drug-likeness (QED) is 0.680. The van der Waals surface area contributed by atoms with Crippen molar-refractivity contribution >= 4 is 11.8 Å². The Morgan fingerprint density at radius 2 is 2.05 bits per heavy atom. The first-order chi connectivity index (χ1) is 10.3. The van der Waals surface area contributed by atoms with Gasteiger partial charge in [-0.05, 0) is 68.5 Å². The first kappa shape index (κ1) is 15.4. The third-order valence-corrected chi connectivity index (χ3v) is 6.52. The van der Waals surface area contributed by atoms with Crippen molar-refractivity contribution in [3.63, 3.8) is 0 Å². The van der Waals surface area contributed by atoms with Crippen LogP contribution in [0.15, 0.2) is 35.2 Å². The van der Waals surface area contributed by atoms with E-state index in [4.69, 9.17) is 0 Å². The van der Waals surface area contributed by atoms with Crippen LogP contribution in [-0.4, -0.2) is 18.3 Å². The van der Waals surface area contributed by atoms with Crippen molar-refractivity contribution in [2.45, 2.75) is 56.4 Å². The van der Waals surface area contributed by atoms with E-state index in [1.165, 1.54) is 55.7 Å². The van der Waals surface area contributed by atoms with Gasteiger partial charge in [0.25, 0.3) is 0 Å². The zero-order valence-corrected chi connectivity index (χ0v) is 14.1. The number of fused-ring (bicyclic) bond motifs is 2. The van der Waals surface area contributed by atoms with Gasteiger partial charge in [0.1, 0.15) is 0 Å². The Morgan fingerprint density at radius 1 is 1.19 bits per heavy atom. The second-order valence-electron chi connectivity index (χ2n) is 6.95. The monoisotopic (exact) mass is 303 g/mol. The average Bonchev–Trinajstić information content (AvgIpc) is 3.13. The van der Waals surface area contributed by atoms with Gasteiger partial charge in [-0.1, -0.05) is 31.5 Å². The minimum Gasteiger partial charge on any atom is -0.313 e. The molecule has 0 spiro atoms. The maximum atomic E-state index is 3.81. The summed E-state index contributed by atoms with van der Waals surface area (Å²) in [5.74, 6) is 4.36. The van der Waals surface area contributed by atoms with Crippen LogP contribution in [0, 0.1) is 17.8 Å². The van der Waals surface area contributed by atoms with Gasteiger partial charge in [0, 0.05) is 16.7 Å². The molecule has 2 aliphatic rings. The highest BCUT2D eigenvalue weighted by Gasteiger charge is 2.39. The van der Waals surface area contributed by atoms with E-state index >= 15 is 0 Å². The van der Waals surface area contributed by atoms with Gasteiger partial charge in [-0.25, -0.2) is 0 Å². The molecular formula is C19H29NS. The Morgan fingerprint density at radius 3 is 2.71 bits per heavy atom. The van der Waals surface area contributed by atoms with E-state index in [1.807, 2.05) is 11.8 Å². The van der Waals surface area contributed by atoms with Crippen molar-refractivity contribution in [2.75, 3.05) is 12.3 Å². The van der Waals surface area contributed by atoms with Crippen molar-refractivity contribution in [3.05, 3.63) is 30.3 Å². The fraction of sp³-hybridized carbons (Fsp3) is 0.684. The highest BCUT2D eigenvalue weighted by Crippen LogP contribution is 2.50. The third-order valence-electron chi connectivity index (χ3n) is 5.35. The number of thioether (sulfide) groups is 1. The molecule has 0 saturated heterocycles. The van der Waals surface area contributed by atoms with Gasteiger partial charge in [0.05, 0.1) is 0 Å². The molecule has 116 valence electrons. The summed E-state index contributed by atoms with van der Waals surface area (Å²) in [6.45, 7) is 3.44. The largest absolute Gasteiger partial charge is 0.313 e. The molecule has 0 amide bonds. The molecule has 1 nitrogen and oxygen atoms in total. The standard InChI is InChI=1S/C19H29NS/c1-2-10-20-18(14-21-19-6-4-3-5-7-19)13-17-12-15-8-9-16(17)11-15/h3-7,15-18,20H,2,8-14H2,1H3. The molecule has 21 heavy (non-hydrogen) atoms. The third kappa shape index (κ3) is 4.26. The van der Waals surface area contributed by atoms with Crippen LogP contribution in [0.2, 0.25) is 0 Å². The molecule has 0 aliphatic heterocycles. The second-order valence-corrected chi connectivity index (χ2v) is 8.04. The van der Waals surface area contributed by atoms with Crippen LogP contribution >= 0.6 is 11.8 Å². The molecule has 1 aromatic carbocycles. The summed E-state index contributed by atoms with van der Waals surface area (Å²) in [5, 5.41) is 3.81. The van der Waals surface area contributed by atoms with Crippen molar-refractivity contribution in [1.29, 1.82) is 0 Å². The molecule has 2 aliphatic carbocycles. The van der Waals surface area contributed by atoms with Gasteiger partial charge in [0.2, 0.25) is 0 Å². The number of nitrogens with one attached hydrogen (secondary N) is 1. The van der Waals surface area contributed by atoms with Gasteiger partial charge in [-0.15, -0.1) is 11.8 Å². The van der Waals surface area contributed by atoms with Crippen LogP contribution in [0.3, 0.4) is 0 Å². The molecular weight excluding hydrogens is 274 g/mol. The molecule has 2 saturated carbocycles. The lowest BCUT2D eigenvalue weighted by Gasteiger charge is -2.27. The van der Waals surface area contributed by atoms with Gasteiger partial charge in [-0.2, -0.15) is 0 Å². The van der Waals surface area contributed by atoms with Crippen molar-refractivity contribution in [2.24, 2.45) is 17.8 Å². The van der Waals surface area contributed by atoms with E-state index in [-0.39, 0.29) is 0 Å². The van der Waals surface area contributed by atoms with Gasteiger partial charge < -0.3 is 5.32 Å². The SMILES string of the molecule is CCCNC(CSc1ccccc1)CC1CC2CCC1C2. The number of benzene rings is 1. The van der Waals surface area contributed by atoms with Crippen molar-refractivity contribution < 1.29 is 0 Å². The maximum absolute atomic E-state index is 3.81. The molecule has 0 aromatic heterocycles. The highest BCUT2D eigenvalue weighted by molar-refractivity contribution is 7.99. The van der Waals surface area contributed by atoms with Crippen molar-refractivity contribution in [3.8, 4) is 0 Å². The lowest BCUT2D eigenvalue weighted by Crippen LogP contribution is -2.35. The zero-order valence-electron chi connectivity index (χ0n) is 13.3. The van der Waals surface area contributed by atoms with Crippen molar-refractivity contribution in [1.82, 2.24) is 5.32 Å². The van der Waals surface area contributed by atoms with E-state index in [0.717, 1.165) is 17.8 Å². The summed E-state index contributed by atoms with van der Waals surface area (Å²) in [6, 6.07) is 11.6. The van der Waals surface area contributed by atoms with Crippen LogP contribution in [0.5, 0.6) is 0 Å². The topological polar surface area (TPSA) is 12.0 Å². The fourth-order valence-corrected chi connectivity index (χ4v) is 5.30. The number of hydrogen-bond donors (Lipinski definition) is 1. The predicted octanol–water partition coefficient (Wildman–Crippen LogP) is 4.97. The smallest absolute Gasteiger partial charge is 0.0164 e. The Bertz CT molecular complexity index is 419. The fourth-order valence-electron chi connectivity index (χ4n) is 4.30. The van der Waals surface area contributed by atoms with Gasteiger partial charge >= 0.3 is 0 Å². The van der Waals surface area contributed by atoms with Crippen LogP contribution < -0.4 is 5.32 Å². The van der Waals surface area contributed by atoms with E-state index in [2.05, 4.69) is 42.6 Å². The second kappa shape index (κ2) is 7.69. The predicted molar refractivity (Wildman–Crippen MR) is 92.8 cm³/mol. The zero-order chi connectivity index (χ0) is 14.5. The Kier molecular flexibility index (Phi) is 5.65. The molecule has 0 heterocycles. The maximum Gasteiger partial charge on any atom is 0.0164 e. The summed E-state index contributed by atoms with van der Waals surface area (Å²) in [6.07, 6.45) is 8.74. The summed E-state index contributed by atoms with van der Waals surface area (Å²) in [4.78, 5) is 1.41. The van der Waals surface area contributed by atoms with Gasteiger partial charge in [0.15, 0.2) is 0 Å². The first-order valence-electron chi connectivity index (χ1n) is 8.76. The Labute approximate surface area is 134 Å². The molecule has 0 radical (unpaired) electrons. The number of rotatable bonds is 8. The van der Waals surface area contributed by atoms with Crippen LogP contribution in [-0.2, 0) is 0 Å². The average molecular weight is 304 g/mol. The summed E-state index contributed by atoms with van der Waals surface area (Å²) < 4.78 is 0. The molecule has 2 fully saturated rings. The Balaban J connectivity index is 1.51. The molecule has 2 heteroatoms. The van der Waals surface area contributed by atoms with Crippen LogP contribution in [0.1, 0.15) is 45.4 Å². The summed E-state index contributed by atoms with van der Waals surface area (Å²) >= 11 is 2.02. The summed E-state index contributed by atoms with van der Waals surface area (Å²) in [5.41, 5.74) is 0. The number of hydrogen-bond acceptors (Lipinski definition) is 2. The summed E-state index contributed by atoms with van der Waals surface area (Å²) in [7, 11) is 0. The molecule has 1 N–H and O–H groups in total. The lowest BCUT2D eigenvalue weighted by atomic mass is 9.84. The minimum atomic E-state index is 0.694. The van der Waals surface area contributed by atoms with Crippen LogP contribution in [0.4, 0.5) is 0 Å². The highest BCUT2D eigenvalue weighted by atomic mass is 32.2. The van der Waals surface area contributed by atoms with Crippen LogP contribution in [0.25, 0.3) is 0 Å². The minimum absolute atomic E-state index is 0.694. The molecule has 4 unspecified atom stereocenters. The molecule has 1 aromatic rings.